The number of aromatic nitrogens is 1. The molecule has 0 aliphatic carbocycles. The summed E-state index contributed by atoms with van der Waals surface area (Å²) in [6, 6.07) is 0. The van der Waals surface area contributed by atoms with Crippen molar-refractivity contribution in [3.63, 3.8) is 0 Å². The third-order valence-electron chi connectivity index (χ3n) is 5.06. The highest BCUT2D eigenvalue weighted by atomic mass is 16.5. The minimum Gasteiger partial charge on any atom is -0.496 e. The van der Waals surface area contributed by atoms with E-state index in [-0.39, 0.29) is 12.5 Å². The van der Waals surface area contributed by atoms with Gasteiger partial charge in [-0.05, 0) is 13.8 Å². The molecule has 0 aromatic carbocycles. The molecule has 1 aromatic rings. The minimum atomic E-state index is -1.01. The van der Waals surface area contributed by atoms with Gasteiger partial charge >= 0.3 is 5.97 Å². The molecule has 7 heteroatoms. The molecule has 0 saturated carbocycles. The van der Waals surface area contributed by atoms with Crippen molar-refractivity contribution in [1.29, 1.82) is 0 Å². The SMILES string of the molecule is COc1c(C)cnc(CN2C[C@]3(C(=O)O)CNC[C@@H]3C2=O)c1C. The molecule has 0 spiro atoms. The molecule has 1 aromatic heterocycles. The molecular weight excluding hydrogens is 298 g/mol. The number of nitrogens with zero attached hydrogens (tertiary/aromatic N) is 2. The molecule has 0 unspecified atom stereocenters. The Hall–Kier alpha value is -2.15. The van der Waals surface area contributed by atoms with Crippen LogP contribution in [0.15, 0.2) is 6.20 Å². The van der Waals surface area contributed by atoms with Gasteiger partial charge in [-0.25, -0.2) is 0 Å². The number of nitrogens with one attached hydrogen (secondary N) is 1. The van der Waals surface area contributed by atoms with Crippen LogP contribution in [0.5, 0.6) is 5.75 Å². The Labute approximate surface area is 134 Å². The zero-order valence-corrected chi connectivity index (χ0v) is 13.5. The Bertz CT molecular complexity index is 676. The summed E-state index contributed by atoms with van der Waals surface area (Å²) in [4.78, 5) is 30.3. The first-order chi connectivity index (χ1) is 10.9. The molecule has 2 aliphatic rings. The first-order valence-electron chi connectivity index (χ1n) is 7.62. The number of rotatable bonds is 4. The molecule has 7 nitrogen and oxygen atoms in total. The zero-order chi connectivity index (χ0) is 16.8. The molecule has 23 heavy (non-hydrogen) atoms. The number of methoxy groups -OCH3 is 1. The lowest BCUT2D eigenvalue weighted by Gasteiger charge is -2.22. The second-order valence-electron chi connectivity index (χ2n) is 6.39. The number of amides is 1. The topological polar surface area (TPSA) is 91.8 Å². The third-order valence-corrected chi connectivity index (χ3v) is 5.06. The van der Waals surface area contributed by atoms with E-state index in [1.807, 2.05) is 13.8 Å². The fourth-order valence-electron chi connectivity index (χ4n) is 3.72. The second-order valence-corrected chi connectivity index (χ2v) is 6.39. The van der Waals surface area contributed by atoms with Gasteiger partial charge < -0.3 is 20.1 Å². The van der Waals surface area contributed by atoms with Crippen molar-refractivity contribution in [1.82, 2.24) is 15.2 Å². The maximum absolute atomic E-state index is 12.6. The maximum Gasteiger partial charge on any atom is 0.313 e. The lowest BCUT2D eigenvalue weighted by molar-refractivity contribution is -0.149. The first-order valence-corrected chi connectivity index (χ1v) is 7.62. The number of aliphatic carboxylic acids is 1. The number of hydrogen-bond donors (Lipinski definition) is 2. The Morgan fingerprint density at radius 1 is 1.57 bits per heavy atom. The van der Waals surface area contributed by atoms with E-state index in [0.29, 0.717) is 19.6 Å². The standard InChI is InChI=1S/C16H21N3O4/c1-9-4-18-12(10(2)13(9)23-3)6-19-8-16(15(21)22)7-17-5-11(16)14(19)20/h4,11,17H,5-8H2,1-3H3,(H,21,22)/t11-,16-/m1/s1. The number of carboxylic acids is 1. The van der Waals surface area contributed by atoms with Gasteiger partial charge in [0, 0.05) is 37.0 Å². The number of fused-ring (bicyclic) bond motifs is 1. The number of carboxylic acid groups (broad SMARTS) is 1. The normalized spacial score (nSPS) is 26.5. The molecule has 3 heterocycles. The van der Waals surface area contributed by atoms with Gasteiger partial charge in [0.1, 0.15) is 11.2 Å². The molecule has 124 valence electrons. The summed E-state index contributed by atoms with van der Waals surface area (Å²) in [5.41, 5.74) is 1.55. The lowest BCUT2D eigenvalue weighted by atomic mass is 9.81. The molecule has 2 saturated heterocycles. The molecule has 2 aliphatic heterocycles. The monoisotopic (exact) mass is 319 g/mol. The minimum absolute atomic E-state index is 0.113. The summed E-state index contributed by atoms with van der Waals surface area (Å²) < 4.78 is 5.39. The average molecular weight is 319 g/mol. The van der Waals surface area contributed by atoms with Crippen molar-refractivity contribution >= 4 is 11.9 Å². The van der Waals surface area contributed by atoms with Crippen LogP contribution >= 0.6 is 0 Å². The van der Waals surface area contributed by atoms with Gasteiger partial charge in [0.25, 0.3) is 0 Å². The second kappa shape index (κ2) is 5.49. The van der Waals surface area contributed by atoms with E-state index in [0.717, 1.165) is 22.6 Å². The van der Waals surface area contributed by atoms with Crippen LogP contribution in [-0.2, 0) is 16.1 Å². The van der Waals surface area contributed by atoms with E-state index < -0.39 is 17.3 Å². The van der Waals surface area contributed by atoms with Crippen LogP contribution in [0.4, 0.5) is 0 Å². The van der Waals surface area contributed by atoms with Gasteiger partial charge in [-0.15, -0.1) is 0 Å². The summed E-state index contributed by atoms with van der Waals surface area (Å²) in [6.45, 7) is 5.11. The van der Waals surface area contributed by atoms with Crippen molar-refractivity contribution in [3.8, 4) is 5.75 Å². The van der Waals surface area contributed by atoms with Crippen LogP contribution in [0.2, 0.25) is 0 Å². The van der Waals surface area contributed by atoms with Crippen LogP contribution in [-0.4, -0.2) is 53.6 Å². The van der Waals surface area contributed by atoms with Crippen LogP contribution in [0, 0.1) is 25.2 Å². The van der Waals surface area contributed by atoms with Crippen molar-refractivity contribution in [3.05, 3.63) is 23.0 Å². The maximum atomic E-state index is 12.6. The van der Waals surface area contributed by atoms with Gasteiger partial charge in [-0.3, -0.25) is 14.6 Å². The molecule has 0 radical (unpaired) electrons. The van der Waals surface area contributed by atoms with Crippen molar-refractivity contribution in [2.75, 3.05) is 26.7 Å². The van der Waals surface area contributed by atoms with E-state index in [9.17, 15) is 14.7 Å². The number of carbonyl (C=O) groups excluding carboxylic acids is 1. The van der Waals surface area contributed by atoms with E-state index in [1.165, 1.54) is 0 Å². The van der Waals surface area contributed by atoms with E-state index in [2.05, 4.69) is 10.3 Å². The van der Waals surface area contributed by atoms with E-state index in [1.54, 1.807) is 18.2 Å². The number of likely N-dealkylation sites (tertiary alicyclic amines) is 1. The summed E-state index contributed by atoms with van der Waals surface area (Å²) in [7, 11) is 1.61. The van der Waals surface area contributed by atoms with Crippen LogP contribution < -0.4 is 10.1 Å². The molecule has 2 N–H and O–H groups in total. The lowest BCUT2D eigenvalue weighted by Crippen LogP contribution is -2.40. The van der Waals surface area contributed by atoms with Gasteiger partial charge in [-0.2, -0.15) is 0 Å². The van der Waals surface area contributed by atoms with Gasteiger partial charge in [0.2, 0.25) is 5.91 Å². The number of aryl methyl sites for hydroxylation is 1. The number of carbonyl (C=O) groups is 2. The Balaban J connectivity index is 1.88. The number of pyridine rings is 1. The number of hydrogen-bond acceptors (Lipinski definition) is 5. The highest BCUT2D eigenvalue weighted by Gasteiger charge is 2.59. The summed E-state index contributed by atoms with van der Waals surface area (Å²) in [5, 5.41) is 12.6. The summed E-state index contributed by atoms with van der Waals surface area (Å²) in [6.07, 6.45) is 1.72. The molecule has 2 atom stereocenters. The zero-order valence-electron chi connectivity index (χ0n) is 13.5. The largest absolute Gasteiger partial charge is 0.496 e. The van der Waals surface area contributed by atoms with Crippen LogP contribution in [0.1, 0.15) is 16.8 Å². The fraction of sp³-hybridized carbons (Fsp3) is 0.562. The Morgan fingerprint density at radius 3 is 2.91 bits per heavy atom. The average Bonchev–Trinajstić information content (AvgIpc) is 3.03. The first kappa shape index (κ1) is 15.7. The highest BCUT2D eigenvalue weighted by Crippen LogP contribution is 2.41. The smallest absolute Gasteiger partial charge is 0.313 e. The van der Waals surface area contributed by atoms with Crippen molar-refractivity contribution in [2.45, 2.75) is 20.4 Å². The third kappa shape index (κ3) is 2.26. The van der Waals surface area contributed by atoms with E-state index in [4.69, 9.17) is 4.74 Å². The summed E-state index contributed by atoms with van der Waals surface area (Å²) >= 11 is 0. The predicted octanol–water partition coefficient (Wildman–Crippen LogP) is 0.340. The van der Waals surface area contributed by atoms with Crippen molar-refractivity contribution < 1.29 is 19.4 Å². The molecule has 1 amide bonds. The van der Waals surface area contributed by atoms with Crippen LogP contribution in [0.25, 0.3) is 0 Å². The Morgan fingerprint density at radius 2 is 2.30 bits per heavy atom. The number of ether oxygens (including phenoxy) is 1. The van der Waals surface area contributed by atoms with Gasteiger partial charge in [-0.1, -0.05) is 0 Å². The quantitative estimate of drug-likeness (QED) is 0.831. The predicted molar refractivity (Wildman–Crippen MR) is 82.1 cm³/mol. The molecular formula is C16H21N3O4. The molecule has 2 fully saturated rings. The molecule has 3 rings (SSSR count). The summed E-state index contributed by atoms with van der Waals surface area (Å²) in [5.74, 6) is -0.753. The molecule has 0 bridgehead atoms. The highest BCUT2D eigenvalue weighted by molar-refractivity contribution is 5.92. The van der Waals surface area contributed by atoms with Gasteiger partial charge in [0.05, 0.1) is 25.3 Å². The van der Waals surface area contributed by atoms with Crippen molar-refractivity contribution in [2.24, 2.45) is 11.3 Å². The van der Waals surface area contributed by atoms with E-state index >= 15 is 0 Å². The van der Waals surface area contributed by atoms with Crippen LogP contribution in [0.3, 0.4) is 0 Å². The Kier molecular flexibility index (Phi) is 3.75. The fourth-order valence-corrected chi connectivity index (χ4v) is 3.72. The van der Waals surface area contributed by atoms with Gasteiger partial charge in [0.15, 0.2) is 0 Å².